The van der Waals surface area contributed by atoms with Crippen LogP contribution in [0.1, 0.15) is 23.4 Å². The summed E-state index contributed by atoms with van der Waals surface area (Å²) in [5, 5.41) is -0.0218. The summed E-state index contributed by atoms with van der Waals surface area (Å²) in [5.41, 5.74) is 2.11. The third-order valence-corrected chi connectivity index (χ3v) is 5.18. The molecular formula is C19H21NO3S. The van der Waals surface area contributed by atoms with Crippen LogP contribution in [0, 0.1) is 0 Å². The van der Waals surface area contributed by atoms with E-state index in [0.717, 1.165) is 22.6 Å². The number of benzene rings is 2. The van der Waals surface area contributed by atoms with Crippen molar-refractivity contribution in [3.05, 3.63) is 59.7 Å². The van der Waals surface area contributed by atoms with Crippen molar-refractivity contribution in [2.45, 2.75) is 18.8 Å². The fraction of sp³-hybridized carbons (Fsp3) is 0.316. The van der Waals surface area contributed by atoms with Crippen LogP contribution in [-0.2, 0) is 11.3 Å². The lowest BCUT2D eigenvalue weighted by Crippen LogP contribution is -2.28. The molecule has 0 spiro atoms. The van der Waals surface area contributed by atoms with Gasteiger partial charge < -0.3 is 14.4 Å². The number of carbonyl (C=O) groups excluding carboxylic acids is 1. The van der Waals surface area contributed by atoms with E-state index in [1.54, 1.807) is 18.9 Å². The van der Waals surface area contributed by atoms with E-state index >= 15 is 0 Å². The predicted molar refractivity (Wildman–Crippen MR) is 96.4 cm³/mol. The normalized spacial score (nSPS) is 17.2. The Labute approximate surface area is 146 Å². The van der Waals surface area contributed by atoms with Crippen LogP contribution in [0.2, 0.25) is 0 Å². The molecule has 1 unspecified atom stereocenters. The number of amides is 1. The van der Waals surface area contributed by atoms with Crippen LogP contribution in [0.15, 0.2) is 48.5 Å². The van der Waals surface area contributed by atoms with Crippen molar-refractivity contribution in [2.24, 2.45) is 0 Å². The molecule has 0 saturated carbocycles. The molecule has 126 valence electrons. The number of ether oxygens (including phenoxy) is 2. The highest BCUT2D eigenvalue weighted by Gasteiger charge is 2.34. The van der Waals surface area contributed by atoms with Crippen LogP contribution in [0.4, 0.5) is 0 Å². The van der Waals surface area contributed by atoms with Crippen molar-refractivity contribution in [2.75, 3.05) is 19.5 Å². The van der Waals surface area contributed by atoms with Crippen molar-refractivity contribution in [1.82, 2.24) is 4.90 Å². The number of hydrogen-bond donors (Lipinski definition) is 0. The number of nitrogens with zero attached hydrogens (tertiary/aromatic N) is 1. The second-order valence-corrected chi connectivity index (χ2v) is 6.58. The molecule has 1 aliphatic rings. The number of rotatable bonds is 6. The first-order chi connectivity index (χ1) is 11.7. The van der Waals surface area contributed by atoms with E-state index < -0.39 is 0 Å². The summed E-state index contributed by atoms with van der Waals surface area (Å²) in [4.78, 5) is 14.3. The van der Waals surface area contributed by atoms with Gasteiger partial charge in [0.2, 0.25) is 5.91 Å². The number of methoxy groups -OCH3 is 1. The molecule has 1 saturated heterocycles. The molecule has 24 heavy (non-hydrogen) atoms. The third-order valence-electron chi connectivity index (χ3n) is 3.94. The van der Waals surface area contributed by atoms with Crippen molar-refractivity contribution in [3.8, 4) is 11.5 Å². The van der Waals surface area contributed by atoms with E-state index in [1.807, 2.05) is 60.4 Å². The highest BCUT2D eigenvalue weighted by molar-refractivity contribution is 8.00. The Bertz CT molecular complexity index is 719. The third kappa shape index (κ3) is 3.51. The quantitative estimate of drug-likeness (QED) is 0.798. The summed E-state index contributed by atoms with van der Waals surface area (Å²) in [6, 6.07) is 15.8. The van der Waals surface area contributed by atoms with Gasteiger partial charge in [-0.15, -0.1) is 11.8 Å². The molecule has 1 heterocycles. The van der Waals surface area contributed by atoms with E-state index in [4.69, 9.17) is 9.47 Å². The molecule has 2 aromatic rings. The lowest BCUT2D eigenvalue weighted by atomic mass is 10.1. The van der Waals surface area contributed by atoms with E-state index in [2.05, 4.69) is 0 Å². The zero-order valence-corrected chi connectivity index (χ0v) is 14.7. The number of carbonyl (C=O) groups is 1. The summed E-state index contributed by atoms with van der Waals surface area (Å²) in [7, 11) is 1.65. The first-order valence-electron chi connectivity index (χ1n) is 7.98. The van der Waals surface area contributed by atoms with Crippen LogP contribution in [-0.4, -0.2) is 30.3 Å². The van der Waals surface area contributed by atoms with Gasteiger partial charge in [0.1, 0.15) is 16.9 Å². The average Bonchev–Trinajstić information content (AvgIpc) is 2.96. The van der Waals surface area contributed by atoms with Crippen molar-refractivity contribution >= 4 is 17.7 Å². The maximum atomic E-state index is 12.4. The second-order valence-electron chi connectivity index (χ2n) is 5.51. The van der Waals surface area contributed by atoms with Gasteiger partial charge in [-0.3, -0.25) is 4.79 Å². The summed E-state index contributed by atoms with van der Waals surface area (Å²) >= 11 is 1.65. The van der Waals surface area contributed by atoms with E-state index in [9.17, 15) is 4.79 Å². The standard InChI is InChI=1S/C19H21NO3S/c1-3-23-17-10-5-4-9-16(17)19-20(18(21)13-24-19)12-14-7-6-8-15(11-14)22-2/h4-11,19H,3,12-13H2,1-2H3. The average molecular weight is 343 g/mol. The summed E-state index contributed by atoms with van der Waals surface area (Å²) in [6.45, 7) is 3.14. The minimum atomic E-state index is -0.0218. The largest absolute Gasteiger partial charge is 0.497 e. The maximum Gasteiger partial charge on any atom is 0.234 e. The van der Waals surface area contributed by atoms with Crippen LogP contribution in [0.5, 0.6) is 11.5 Å². The molecular weight excluding hydrogens is 322 g/mol. The minimum Gasteiger partial charge on any atom is -0.497 e. The number of hydrogen-bond acceptors (Lipinski definition) is 4. The summed E-state index contributed by atoms with van der Waals surface area (Å²) in [6.07, 6.45) is 0. The number of para-hydroxylation sites is 1. The predicted octanol–water partition coefficient (Wildman–Crippen LogP) is 3.87. The Morgan fingerprint density at radius 2 is 2.04 bits per heavy atom. The van der Waals surface area contributed by atoms with Crippen LogP contribution in [0.3, 0.4) is 0 Å². The smallest absolute Gasteiger partial charge is 0.234 e. The Kier molecular flexibility index (Phi) is 5.30. The molecule has 1 aliphatic heterocycles. The van der Waals surface area contributed by atoms with Gasteiger partial charge in [0, 0.05) is 12.1 Å². The minimum absolute atomic E-state index is 0.0218. The van der Waals surface area contributed by atoms with Crippen LogP contribution < -0.4 is 9.47 Å². The van der Waals surface area contributed by atoms with E-state index in [0.29, 0.717) is 18.9 Å². The summed E-state index contributed by atoms with van der Waals surface area (Å²) < 4.78 is 11.0. The van der Waals surface area contributed by atoms with Gasteiger partial charge in [0.25, 0.3) is 0 Å². The second kappa shape index (κ2) is 7.62. The van der Waals surface area contributed by atoms with Gasteiger partial charge in [0.05, 0.1) is 19.5 Å². The molecule has 1 amide bonds. The molecule has 0 bridgehead atoms. The lowest BCUT2D eigenvalue weighted by Gasteiger charge is -2.26. The van der Waals surface area contributed by atoms with Crippen LogP contribution >= 0.6 is 11.8 Å². The van der Waals surface area contributed by atoms with Gasteiger partial charge in [-0.2, -0.15) is 0 Å². The van der Waals surface area contributed by atoms with E-state index in [-0.39, 0.29) is 11.3 Å². The van der Waals surface area contributed by atoms with Crippen molar-refractivity contribution in [1.29, 1.82) is 0 Å². The Balaban J connectivity index is 1.87. The highest BCUT2D eigenvalue weighted by Crippen LogP contribution is 2.43. The number of thioether (sulfide) groups is 1. The van der Waals surface area contributed by atoms with Gasteiger partial charge in [-0.25, -0.2) is 0 Å². The molecule has 5 heteroatoms. The zero-order valence-electron chi connectivity index (χ0n) is 13.9. The molecule has 2 aromatic carbocycles. The Hall–Kier alpha value is -2.14. The van der Waals surface area contributed by atoms with Gasteiger partial charge >= 0.3 is 0 Å². The van der Waals surface area contributed by atoms with Crippen LogP contribution in [0.25, 0.3) is 0 Å². The molecule has 1 atom stereocenters. The molecule has 0 radical (unpaired) electrons. The molecule has 0 aliphatic carbocycles. The fourth-order valence-electron chi connectivity index (χ4n) is 2.82. The van der Waals surface area contributed by atoms with Gasteiger partial charge in [-0.1, -0.05) is 30.3 Å². The molecule has 4 nitrogen and oxygen atoms in total. The van der Waals surface area contributed by atoms with Crippen molar-refractivity contribution in [3.63, 3.8) is 0 Å². The monoisotopic (exact) mass is 343 g/mol. The van der Waals surface area contributed by atoms with Gasteiger partial charge in [-0.05, 0) is 30.7 Å². The first-order valence-corrected chi connectivity index (χ1v) is 9.03. The molecule has 0 aromatic heterocycles. The fourth-order valence-corrected chi connectivity index (χ4v) is 4.03. The van der Waals surface area contributed by atoms with E-state index in [1.165, 1.54) is 0 Å². The molecule has 0 N–H and O–H groups in total. The molecule has 3 rings (SSSR count). The Morgan fingerprint density at radius 1 is 1.21 bits per heavy atom. The highest BCUT2D eigenvalue weighted by atomic mass is 32.2. The Morgan fingerprint density at radius 3 is 2.83 bits per heavy atom. The van der Waals surface area contributed by atoms with Gasteiger partial charge in [0.15, 0.2) is 0 Å². The maximum absolute atomic E-state index is 12.4. The first kappa shape index (κ1) is 16.7. The zero-order chi connectivity index (χ0) is 16.9. The SMILES string of the molecule is CCOc1ccccc1C1SCC(=O)N1Cc1cccc(OC)c1. The topological polar surface area (TPSA) is 38.8 Å². The lowest BCUT2D eigenvalue weighted by molar-refractivity contribution is -0.128. The summed E-state index contributed by atoms with van der Waals surface area (Å²) in [5.74, 6) is 2.30. The van der Waals surface area contributed by atoms with Crippen molar-refractivity contribution < 1.29 is 14.3 Å². The molecule has 1 fully saturated rings.